The number of ether oxygens (including phenoxy) is 1. The van der Waals surface area contributed by atoms with Crippen LogP contribution in [0.15, 0.2) is 18.2 Å². The number of likely N-dealkylation sites (tertiary alicyclic amines) is 1. The van der Waals surface area contributed by atoms with E-state index in [1.807, 2.05) is 0 Å². The van der Waals surface area contributed by atoms with Crippen LogP contribution in [-0.2, 0) is 15.7 Å². The Labute approximate surface area is 166 Å². The largest absolute Gasteiger partial charge is 0.416 e. The lowest BCUT2D eigenvalue weighted by Crippen LogP contribution is -2.43. The van der Waals surface area contributed by atoms with Gasteiger partial charge in [0.25, 0.3) is 0 Å². The van der Waals surface area contributed by atoms with Crippen molar-refractivity contribution in [2.75, 3.05) is 38.2 Å². The maximum absolute atomic E-state index is 12.9. The highest BCUT2D eigenvalue weighted by atomic mass is 19.4. The van der Waals surface area contributed by atoms with Gasteiger partial charge in [0.1, 0.15) is 0 Å². The number of rotatable bonds is 5. The molecule has 2 aliphatic heterocycles. The Morgan fingerprint density at radius 3 is 2.83 bits per heavy atom. The molecule has 3 N–H and O–H groups in total. The summed E-state index contributed by atoms with van der Waals surface area (Å²) >= 11 is 0. The van der Waals surface area contributed by atoms with Gasteiger partial charge in [-0.25, -0.2) is 0 Å². The van der Waals surface area contributed by atoms with Crippen molar-refractivity contribution in [2.45, 2.75) is 37.5 Å². The predicted octanol–water partition coefficient (Wildman–Crippen LogP) is 2.36. The molecule has 2 aliphatic rings. The van der Waals surface area contributed by atoms with Crippen LogP contribution in [0.25, 0.3) is 10.9 Å². The van der Waals surface area contributed by atoms with Crippen LogP contribution in [0.2, 0.25) is 0 Å². The number of carbonyl (C=O) groups is 1. The molecule has 0 saturated carbocycles. The summed E-state index contributed by atoms with van der Waals surface area (Å²) in [7, 11) is 0. The molecule has 3 heterocycles. The zero-order valence-electron chi connectivity index (χ0n) is 15.9. The van der Waals surface area contributed by atoms with E-state index in [9.17, 15) is 18.0 Å². The van der Waals surface area contributed by atoms with E-state index in [2.05, 4.69) is 25.7 Å². The van der Waals surface area contributed by atoms with Gasteiger partial charge in [-0.15, -0.1) is 0 Å². The highest BCUT2D eigenvalue weighted by Gasteiger charge is 2.31. The van der Waals surface area contributed by atoms with Gasteiger partial charge in [0, 0.05) is 43.8 Å². The second kappa shape index (κ2) is 8.19. The molecular formula is C19H24F3N5O2. The smallest absolute Gasteiger partial charge is 0.381 e. The SMILES string of the molecule is O=C(CNc1n[nH]c2ccc(C(F)(F)F)cc12)NC1CCN(C2CCOCC2)C1. The fraction of sp³-hybridized carbons (Fsp3) is 0.579. The number of hydrogen-bond acceptors (Lipinski definition) is 5. The molecule has 0 radical (unpaired) electrons. The Morgan fingerprint density at radius 1 is 1.28 bits per heavy atom. The van der Waals surface area contributed by atoms with Gasteiger partial charge in [-0.3, -0.25) is 14.8 Å². The highest BCUT2D eigenvalue weighted by Crippen LogP contribution is 2.32. The number of fused-ring (bicyclic) bond motifs is 1. The standard InChI is InChI=1S/C19H24F3N5O2/c20-19(21,22)12-1-2-16-15(9-12)18(26-25-16)23-10-17(28)24-13-3-6-27(11-13)14-4-7-29-8-5-14/h1-2,9,13-14H,3-8,10-11H2,(H,24,28)(H2,23,25,26). The van der Waals surface area contributed by atoms with Crippen LogP contribution in [0.4, 0.5) is 19.0 Å². The highest BCUT2D eigenvalue weighted by molar-refractivity contribution is 5.92. The number of amides is 1. The van der Waals surface area contributed by atoms with Crippen LogP contribution in [0.3, 0.4) is 0 Å². The van der Waals surface area contributed by atoms with Crippen LogP contribution in [0.1, 0.15) is 24.8 Å². The van der Waals surface area contributed by atoms with Crippen LogP contribution in [0, 0.1) is 0 Å². The lowest BCUT2D eigenvalue weighted by Gasteiger charge is -2.31. The first-order valence-corrected chi connectivity index (χ1v) is 9.80. The number of anilines is 1. The maximum atomic E-state index is 12.9. The molecule has 2 fully saturated rings. The average Bonchev–Trinajstić information content (AvgIpc) is 3.33. The number of H-pyrrole nitrogens is 1. The molecule has 0 bridgehead atoms. The Kier molecular flexibility index (Phi) is 5.64. The quantitative estimate of drug-likeness (QED) is 0.704. The molecule has 29 heavy (non-hydrogen) atoms. The second-order valence-electron chi connectivity index (χ2n) is 7.58. The van der Waals surface area contributed by atoms with Crippen molar-refractivity contribution < 1.29 is 22.7 Å². The number of carbonyl (C=O) groups excluding carboxylic acids is 1. The van der Waals surface area contributed by atoms with Gasteiger partial charge in [0.05, 0.1) is 17.6 Å². The zero-order valence-corrected chi connectivity index (χ0v) is 15.9. The van der Waals surface area contributed by atoms with Crippen LogP contribution >= 0.6 is 0 Å². The summed E-state index contributed by atoms with van der Waals surface area (Å²) in [5, 5.41) is 12.8. The molecule has 158 valence electrons. The molecule has 1 unspecified atom stereocenters. The number of hydrogen-bond donors (Lipinski definition) is 3. The Balaban J connectivity index is 1.31. The summed E-state index contributed by atoms with van der Waals surface area (Å²) < 4.78 is 44.2. The van der Waals surface area contributed by atoms with Crippen molar-refractivity contribution in [2.24, 2.45) is 0 Å². The molecule has 1 aromatic heterocycles. The van der Waals surface area contributed by atoms with Crippen LogP contribution < -0.4 is 10.6 Å². The van der Waals surface area contributed by atoms with Gasteiger partial charge in [0.15, 0.2) is 5.82 Å². The number of benzene rings is 1. The Morgan fingerprint density at radius 2 is 2.07 bits per heavy atom. The summed E-state index contributed by atoms with van der Waals surface area (Å²) in [5.74, 6) is 0.0310. The van der Waals surface area contributed by atoms with Crippen molar-refractivity contribution in [1.29, 1.82) is 0 Å². The summed E-state index contributed by atoms with van der Waals surface area (Å²) in [4.78, 5) is 14.7. The first kappa shape index (κ1) is 20.0. The molecule has 2 aromatic rings. The minimum Gasteiger partial charge on any atom is -0.381 e. The number of aromatic nitrogens is 2. The van der Waals surface area contributed by atoms with Gasteiger partial charge < -0.3 is 15.4 Å². The van der Waals surface area contributed by atoms with Crippen LogP contribution in [-0.4, -0.2) is 65.9 Å². The van der Waals surface area contributed by atoms with Gasteiger partial charge in [0.2, 0.25) is 5.91 Å². The molecule has 0 spiro atoms. The summed E-state index contributed by atoms with van der Waals surface area (Å²) in [5.41, 5.74) is -0.276. The molecule has 0 aliphatic carbocycles. The number of aromatic amines is 1. The zero-order chi connectivity index (χ0) is 20.4. The molecule has 1 atom stereocenters. The topological polar surface area (TPSA) is 82.3 Å². The van der Waals surface area contributed by atoms with E-state index >= 15 is 0 Å². The summed E-state index contributed by atoms with van der Waals surface area (Å²) in [6, 6.07) is 3.96. The third-order valence-electron chi connectivity index (χ3n) is 5.60. The molecule has 4 rings (SSSR count). The maximum Gasteiger partial charge on any atom is 0.416 e. The molecule has 10 heteroatoms. The summed E-state index contributed by atoms with van der Waals surface area (Å²) in [6.45, 7) is 3.29. The molecular weight excluding hydrogens is 387 g/mol. The van der Waals surface area contributed by atoms with E-state index < -0.39 is 11.7 Å². The van der Waals surface area contributed by atoms with Crippen molar-refractivity contribution in [3.63, 3.8) is 0 Å². The van der Waals surface area contributed by atoms with E-state index in [1.165, 1.54) is 6.07 Å². The molecule has 1 aromatic carbocycles. The molecule has 7 nitrogen and oxygen atoms in total. The van der Waals surface area contributed by atoms with Crippen molar-refractivity contribution in [3.05, 3.63) is 23.8 Å². The van der Waals surface area contributed by atoms with Crippen molar-refractivity contribution >= 4 is 22.6 Å². The van der Waals surface area contributed by atoms with E-state index in [0.717, 1.165) is 57.7 Å². The van der Waals surface area contributed by atoms with Crippen molar-refractivity contribution in [1.82, 2.24) is 20.4 Å². The third-order valence-corrected chi connectivity index (χ3v) is 5.60. The number of nitrogens with zero attached hydrogens (tertiary/aromatic N) is 2. The fourth-order valence-corrected chi connectivity index (χ4v) is 4.05. The van der Waals surface area contributed by atoms with Crippen LogP contribution in [0.5, 0.6) is 0 Å². The first-order chi connectivity index (χ1) is 13.9. The van der Waals surface area contributed by atoms with E-state index in [4.69, 9.17) is 4.74 Å². The van der Waals surface area contributed by atoms with Gasteiger partial charge in [-0.05, 0) is 37.5 Å². The summed E-state index contributed by atoms with van der Waals surface area (Å²) in [6.07, 6.45) is -1.50. The lowest BCUT2D eigenvalue weighted by atomic mass is 10.1. The third kappa shape index (κ3) is 4.64. The average molecular weight is 411 g/mol. The monoisotopic (exact) mass is 411 g/mol. The predicted molar refractivity (Wildman–Crippen MR) is 102 cm³/mol. The van der Waals surface area contributed by atoms with Gasteiger partial charge in [-0.1, -0.05) is 0 Å². The fourth-order valence-electron chi connectivity index (χ4n) is 4.05. The molecule has 1 amide bonds. The second-order valence-corrected chi connectivity index (χ2v) is 7.58. The minimum absolute atomic E-state index is 0.0516. The van der Waals surface area contributed by atoms with Gasteiger partial charge in [-0.2, -0.15) is 18.3 Å². The van der Waals surface area contributed by atoms with E-state index in [0.29, 0.717) is 16.9 Å². The number of halogens is 3. The number of alkyl halides is 3. The first-order valence-electron chi connectivity index (χ1n) is 9.80. The minimum atomic E-state index is -4.43. The normalized spacial score (nSPS) is 21.6. The lowest BCUT2D eigenvalue weighted by molar-refractivity contribution is -0.137. The number of nitrogens with one attached hydrogen (secondary N) is 3. The van der Waals surface area contributed by atoms with Crippen molar-refractivity contribution in [3.8, 4) is 0 Å². The van der Waals surface area contributed by atoms with E-state index in [-0.39, 0.29) is 24.3 Å². The van der Waals surface area contributed by atoms with Gasteiger partial charge >= 0.3 is 6.18 Å². The van der Waals surface area contributed by atoms with E-state index in [1.54, 1.807) is 0 Å². The Bertz CT molecular complexity index is 863. The Hall–Kier alpha value is -2.33. The molecule has 2 saturated heterocycles.